The van der Waals surface area contributed by atoms with Crippen LogP contribution in [0.5, 0.6) is 5.75 Å². The van der Waals surface area contributed by atoms with Gasteiger partial charge in [0.25, 0.3) is 5.91 Å². The van der Waals surface area contributed by atoms with E-state index in [2.05, 4.69) is 4.74 Å². The molecule has 0 saturated carbocycles. The number of hydrogen-bond acceptors (Lipinski definition) is 4. The van der Waals surface area contributed by atoms with Gasteiger partial charge in [-0.15, -0.1) is 0 Å². The number of halogens is 2. The highest BCUT2D eigenvalue weighted by atomic mass is 19.3. The topological polar surface area (TPSA) is 87.2 Å². The first kappa shape index (κ1) is 19.1. The van der Waals surface area contributed by atoms with Crippen LogP contribution in [0.3, 0.4) is 0 Å². The minimum Gasteiger partial charge on any atom is -0.481 e. The van der Waals surface area contributed by atoms with Crippen molar-refractivity contribution in [1.82, 2.24) is 9.80 Å². The molecule has 2 saturated heterocycles. The Kier molecular flexibility index (Phi) is 5.03. The van der Waals surface area contributed by atoms with Crippen LogP contribution in [0.1, 0.15) is 29.6 Å². The zero-order chi connectivity index (χ0) is 19.8. The molecule has 9 heteroatoms. The van der Waals surface area contributed by atoms with Gasteiger partial charge >= 0.3 is 12.6 Å². The monoisotopic (exact) mass is 382 g/mol. The summed E-state index contributed by atoms with van der Waals surface area (Å²) in [5.41, 5.74) is -0.438. The number of nitrogens with zero attached hydrogens (tertiary/aromatic N) is 2. The highest BCUT2D eigenvalue weighted by Crippen LogP contribution is 2.43. The van der Waals surface area contributed by atoms with Crippen LogP contribution in [0.15, 0.2) is 24.3 Å². The summed E-state index contributed by atoms with van der Waals surface area (Å²) < 4.78 is 28.7. The molecule has 7 nitrogen and oxygen atoms in total. The maximum atomic E-state index is 12.6. The third kappa shape index (κ3) is 3.45. The third-order valence-corrected chi connectivity index (χ3v) is 5.61. The van der Waals surface area contributed by atoms with Crippen molar-refractivity contribution in [2.45, 2.75) is 31.4 Å². The van der Waals surface area contributed by atoms with Gasteiger partial charge in [0, 0.05) is 32.1 Å². The zero-order valence-electron chi connectivity index (χ0n) is 14.7. The average molecular weight is 382 g/mol. The average Bonchev–Trinajstić information content (AvgIpc) is 2.87. The molecule has 2 aliphatic rings. The van der Waals surface area contributed by atoms with Gasteiger partial charge in [-0.05, 0) is 37.1 Å². The van der Waals surface area contributed by atoms with Crippen molar-refractivity contribution < 1.29 is 33.0 Å². The molecule has 1 spiro atoms. The molecule has 1 atom stereocenters. The van der Waals surface area contributed by atoms with E-state index >= 15 is 0 Å². The summed E-state index contributed by atoms with van der Waals surface area (Å²) in [6, 6.07) is 5.43. The van der Waals surface area contributed by atoms with Gasteiger partial charge in [-0.1, -0.05) is 0 Å². The number of aliphatic carboxylic acids is 1. The second kappa shape index (κ2) is 7.13. The van der Waals surface area contributed by atoms with Gasteiger partial charge in [-0.25, -0.2) is 0 Å². The van der Waals surface area contributed by atoms with Crippen molar-refractivity contribution >= 4 is 17.8 Å². The Balaban J connectivity index is 1.69. The Hall–Kier alpha value is -2.71. The number of carboxylic acids is 1. The first-order valence-electron chi connectivity index (χ1n) is 8.58. The van der Waals surface area contributed by atoms with Crippen LogP contribution in [0.4, 0.5) is 8.78 Å². The number of hydrogen-bond donors (Lipinski definition) is 1. The largest absolute Gasteiger partial charge is 0.481 e. The predicted octanol–water partition coefficient (Wildman–Crippen LogP) is 1.83. The van der Waals surface area contributed by atoms with Crippen molar-refractivity contribution in [1.29, 1.82) is 0 Å². The minimum absolute atomic E-state index is 0.0224. The zero-order valence-corrected chi connectivity index (χ0v) is 14.7. The van der Waals surface area contributed by atoms with E-state index in [1.54, 1.807) is 11.9 Å². The Labute approximate surface area is 154 Å². The van der Waals surface area contributed by atoms with Gasteiger partial charge in [0.05, 0.1) is 11.5 Å². The molecule has 0 aromatic heterocycles. The molecule has 0 radical (unpaired) electrons. The lowest BCUT2D eigenvalue weighted by atomic mass is 9.77. The lowest BCUT2D eigenvalue weighted by molar-refractivity contribution is -0.145. The highest BCUT2D eigenvalue weighted by molar-refractivity contribution is 5.94. The van der Waals surface area contributed by atoms with Gasteiger partial charge in [-0.2, -0.15) is 8.78 Å². The van der Waals surface area contributed by atoms with Crippen molar-refractivity contribution in [3.63, 3.8) is 0 Å². The van der Waals surface area contributed by atoms with Crippen LogP contribution in [-0.4, -0.2) is 65.0 Å². The number of ether oxygens (including phenoxy) is 1. The van der Waals surface area contributed by atoms with Crippen LogP contribution < -0.4 is 4.74 Å². The normalized spacial score (nSPS) is 21.8. The fourth-order valence-corrected chi connectivity index (χ4v) is 4.04. The molecule has 2 amide bonds. The summed E-state index contributed by atoms with van der Waals surface area (Å²) in [5, 5.41) is 9.48. The van der Waals surface area contributed by atoms with Gasteiger partial charge in [-0.3, -0.25) is 14.4 Å². The van der Waals surface area contributed by atoms with Crippen LogP contribution in [-0.2, 0) is 9.59 Å². The maximum Gasteiger partial charge on any atom is 0.387 e. The molecule has 1 N–H and O–H groups in total. The van der Waals surface area contributed by atoms with E-state index in [0.717, 1.165) is 0 Å². The fourth-order valence-electron chi connectivity index (χ4n) is 4.04. The van der Waals surface area contributed by atoms with Crippen molar-refractivity contribution in [3.05, 3.63) is 29.8 Å². The van der Waals surface area contributed by atoms with Crippen molar-refractivity contribution in [2.75, 3.05) is 20.1 Å². The van der Waals surface area contributed by atoms with Crippen LogP contribution in [0, 0.1) is 5.92 Å². The third-order valence-electron chi connectivity index (χ3n) is 5.61. The molecule has 2 heterocycles. The first-order valence-corrected chi connectivity index (χ1v) is 8.58. The van der Waals surface area contributed by atoms with Gasteiger partial charge in [0.1, 0.15) is 5.75 Å². The molecule has 27 heavy (non-hydrogen) atoms. The molecular weight excluding hydrogens is 362 g/mol. The number of rotatable bonds is 4. The lowest BCUT2D eigenvalue weighted by Crippen LogP contribution is -2.56. The number of carbonyl (C=O) groups excluding carboxylic acids is 2. The molecule has 1 aromatic carbocycles. The number of likely N-dealkylation sites (tertiary alicyclic amines) is 2. The van der Waals surface area contributed by atoms with E-state index < -0.39 is 24.0 Å². The summed E-state index contributed by atoms with van der Waals surface area (Å²) in [4.78, 5) is 39.4. The number of piperidine rings is 1. The van der Waals surface area contributed by atoms with E-state index in [4.69, 9.17) is 0 Å². The highest BCUT2D eigenvalue weighted by Gasteiger charge is 2.55. The summed E-state index contributed by atoms with van der Waals surface area (Å²) >= 11 is 0. The van der Waals surface area contributed by atoms with Crippen molar-refractivity contribution in [2.24, 2.45) is 5.92 Å². The van der Waals surface area contributed by atoms with Crippen molar-refractivity contribution in [3.8, 4) is 5.75 Å². The Bertz CT molecular complexity index is 745. The Morgan fingerprint density at radius 1 is 1.22 bits per heavy atom. The summed E-state index contributed by atoms with van der Waals surface area (Å²) in [7, 11) is 1.62. The number of amides is 2. The first-order chi connectivity index (χ1) is 12.7. The summed E-state index contributed by atoms with van der Waals surface area (Å²) in [6.07, 6.45) is 0.737. The molecule has 0 unspecified atom stereocenters. The van der Waals surface area contributed by atoms with Gasteiger partial charge in [0.2, 0.25) is 5.91 Å². The maximum absolute atomic E-state index is 12.6. The van der Waals surface area contributed by atoms with Crippen LogP contribution in [0.2, 0.25) is 0 Å². The SMILES string of the molecule is CN1C(=O)C[C@H](C(=O)O)C12CCN(C(=O)c1ccc(OC(F)F)cc1)CC2. The predicted molar refractivity (Wildman–Crippen MR) is 89.5 cm³/mol. The molecule has 146 valence electrons. The second-order valence-electron chi connectivity index (χ2n) is 6.85. The number of alkyl halides is 2. The smallest absolute Gasteiger partial charge is 0.387 e. The summed E-state index contributed by atoms with van der Waals surface area (Å²) in [6.45, 7) is -2.30. The molecule has 1 aromatic rings. The summed E-state index contributed by atoms with van der Waals surface area (Å²) in [5.74, 6) is -2.28. The molecular formula is C18H20F2N2O5. The fraction of sp³-hybridized carbons (Fsp3) is 0.500. The second-order valence-corrected chi connectivity index (χ2v) is 6.85. The lowest BCUT2D eigenvalue weighted by Gasteiger charge is -2.45. The molecule has 0 aliphatic carbocycles. The molecule has 3 rings (SSSR count). The molecule has 2 fully saturated rings. The van der Waals surface area contributed by atoms with E-state index in [0.29, 0.717) is 31.5 Å². The van der Waals surface area contributed by atoms with Crippen LogP contribution in [0.25, 0.3) is 0 Å². The number of carbonyl (C=O) groups is 3. The van der Waals surface area contributed by atoms with Crippen LogP contribution >= 0.6 is 0 Å². The number of benzene rings is 1. The number of carboxylic acid groups (broad SMARTS) is 1. The van der Waals surface area contributed by atoms with E-state index in [1.165, 1.54) is 29.2 Å². The Morgan fingerprint density at radius 3 is 2.33 bits per heavy atom. The van der Waals surface area contributed by atoms with Gasteiger partial charge in [0.15, 0.2) is 0 Å². The Morgan fingerprint density at radius 2 is 1.81 bits per heavy atom. The molecule has 0 bridgehead atoms. The van der Waals surface area contributed by atoms with E-state index in [9.17, 15) is 28.3 Å². The standard InChI is InChI=1S/C18H20F2N2O5/c1-21-14(23)10-13(16(25)26)18(21)6-8-22(9-7-18)15(24)11-2-4-12(5-3-11)27-17(19)20/h2-5,13,17H,6-10H2,1H3,(H,25,26)/t13-/m1/s1. The quantitative estimate of drug-likeness (QED) is 0.859. The minimum atomic E-state index is -2.93. The van der Waals surface area contributed by atoms with Gasteiger partial charge < -0.3 is 19.6 Å². The molecule has 2 aliphatic heterocycles. The van der Waals surface area contributed by atoms with E-state index in [-0.39, 0.29) is 24.0 Å². The van der Waals surface area contributed by atoms with E-state index in [1.807, 2.05) is 0 Å².